The lowest BCUT2D eigenvalue weighted by atomic mass is 9.91. The first kappa shape index (κ1) is 16.6. The van der Waals surface area contributed by atoms with E-state index < -0.39 is 11.7 Å². The van der Waals surface area contributed by atoms with Crippen molar-refractivity contribution in [2.75, 3.05) is 7.11 Å². The first-order chi connectivity index (χ1) is 9.43. The average Bonchev–Trinajstić information content (AvgIpc) is 2.42. The average molecular weight is 286 g/mol. The van der Waals surface area contributed by atoms with Crippen LogP contribution in [0.15, 0.2) is 30.4 Å². The van der Waals surface area contributed by atoms with Crippen LogP contribution in [0.5, 0.6) is 5.75 Å². The summed E-state index contributed by atoms with van der Waals surface area (Å²) in [5, 5.41) is 0. The van der Waals surface area contributed by atoms with Gasteiger partial charge in [0, 0.05) is 0 Å². The molecule has 0 saturated heterocycles. The molecule has 0 aliphatic heterocycles. The summed E-state index contributed by atoms with van der Waals surface area (Å²) >= 11 is 0. The molecule has 20 heavy (non-hydrogen) atoms. The second-order valence-electron chi connectivity index (χ2n) is 4.68. The second kappa shape index (κ2) is 7.36. The Morgan fingerprint density at radius 1 is 1.20 bits per heavy atom. The van der Waals surface area contributed by atoms with Gasteiger partial charge in [-0.3, -0.25) is 0 Å². The van der Waals surface area contributed by atoms with Crippen molar-refractivity contribution in [1.29, 1.82) is 0 Å². The Hall–Kier alpha value is -1.45. The van der Waals surface area contributed by atoms with Gasteiger partial charge in [0.15, 0.2) is 0 Å². The van der Waals surface area contributed by atoms with Crippen LogP contribution in [0, 0.1) is 0 Å². The summed E-state index contributed by atoms with van der Waals surface area (Å²) in [5.41, 5.74) is 0.167. The van der Waals surface area contributed by atoms with Crippen molar-refractivity contribution in [3.8, 4) is 5.75 Å². The summed E-state index contributed by atoms with van der Waals surface area (Å²) in [6.45, 7) is 4.08. The predicted octanol–water partition coefficient (Wildman–Crippen LogP) is 5.56. The Morgan fingerprint density at radius 2 is 1.90 bits per heavy atom. The topological polar surface area (TPSA) is 9.23 Å². The molecule has 1 aromatic rings. The molecule has 0 aromatic heterocycles. The maximum atomic E-state index is 12.7. The van der Waals surface area contributed by atoms with Gasteiger partial charge in [0.25, 0.3) is 0 Å². The third-order valence-corrected chi connectivity index (χ3v) is 3.32. The molecule has 112 valence electrons. The van der Waals surface area contributed by atoms with Crippen molar-refractivity contribution in [3.63, 3.8) is 0 Å². The van der Waals surface area contributed by atoms with Crippen LogP contribution >= 0.6 is 0 Å². The minimum Gasteiger partial charge on any atom is -0.496 e. The Bertz CT molecular complexity index is 450. The van der Waals surface area contributed by atoms with E-state index in [1.165, 1.54) is 13.2 Å². The lowest BCUT2D eigenvalue weighted by Crippen LogP contribution is -2.07. The highest BCUT2D eigenvalue weighted by molar-refractivity contribution is 5.41. The van der Waals surface area contributed by atoms with E-state index in [9.17, 15) is 13.2 Å². The van der Waals surface area contributed by atoms with E-state index in [4.69, 9.17) is 4.74 Å². The zero-order valence-electron chi connectivity index (χ0n) is 12.1. The van der Waals surface area contributed by atoms with Crippen molar-refractivity contribution in [3.05, 3.63) is 41.5 Å². The summed E-state index contributed by atoms with van der Waals surface area (Å²) in [7, 11) is 1.41. The van der Waals surface area contributed by atoms with Crippen LogP contribution < -0.4 is 4.74 Å². The molecular weight excluding hydrogens is 265 g/mol. The second-order valence-corrected chi connectivity index (χ2v) is 4.68. The minimum absolute atomic E-state index is 0.176. The molecule has 1 nitrogen and oxygen atoms in total. The first-order valence-electron chi connectivity index (χ1n) is 6.84. The van der Waals surface area contributed by atoms with Crippen LogP contribution in [0.2, 0.25) is 0 Å². The van der Waals surface area contributed by atoms with E-state index in [1.807, 2.05) is 6.92 Å². The Kier molecular flexibility index (Phi) is 6.11. The van der Waals surface area contributed by atoms with E-state index in [-0.39, 0.29) is 5.92 Å². The normalized spacial score (nSPS) is 13.7. The molecule has 0 aliphatic rings. The highest BCUT2D eigenvalue weighted by Crippen LogP contribution is 2.37. The van der Waals surface area contributed by atoms with Crippen molar-refractivity contribution in [2.45, 2.75) is 45.2 Å². The van der Waals surface area contributed by atoms with Crippen molar-refractivity contribution in [2.24, 2.45) is 0 Å². The van der Waals surface area contributed by atoms with Crippen LogP contribution in [-0.4, -0.2) is 7.11 Å². The van der Waals surface area contributed by atoms with E-state index in [2.05, 4.69) is 19.1 Å². The molecule has 0 heterocycles. The van der Waals surface area contributed by atoms with Gasteiger partial charge in [-0.15, -0.1) is 0 Å². The predicted molar refractivity (Wildman–Crippen MR) is 75.1 cm³/mol. The summed E-state index contributed by atoms with van der Waals surface area (Å²) in [6.07, 6.45) is 2.43. The van der Waals surface area contributed by atoms with Gasteiger partial charge in [0.05, 0.1) is 12.7 Å². The van der Waals surface area contributed by atoms with Gasteiger partial charge in [0.1, 0.15) is 5.75 Å². The van der Waals surface area contributed by atoms with E-state index >= 15 is 0 Å². The lowest BCUT2D eigenvalue weighted by Gasteiger charge is -2.18. The summed E-state index contributed by atoms with van der Waals surface area (Å²) in [4.78, 5) is 0. The summed E-state index contributed by atoms with van der Waals surface area (Å²) in [5.74, 6) is 0.492. The smallest absolute Gasteiger partial charge is 0.416 e. The number of halogens is 3. The third kappa shape index (κ3) is 4.29. The van der Waals surface area contributed by atoms with Crippen molar-refractivity contribution < 1.29 is 17.9 Å². The maximum absolute atomic E-state index is 12.7. The zero-order chi connectivity index (χ0) is 15.2. The highest BCUT2D eigenvalue weighted by atomic mass is 19.4. The highest BCUT2D eigenvalue weighted by Gasteiger charge is 2.31. The number of rotatable bonds is 6. The molecule has 1 unspecified atom stereocenters. The zero-order valence-corrected chi connectivity index (χ0v) is 12.1. The molecule has 1 atom stereocenters. The van der Waals surface area contributed by atoms with E-state index in [0.29, 0.717) is 5.75 Å². The molecule has 0 fully saturated rings. The van der Waals surface area contributed by atoms with E-state index in [0.717, 1.165) is 37.0 Å². The van der Waals surface area contributed by atoms with Gasteiger partial charge in [-0.1, -0.05) is 32.1 Å². The number of allylic oxidation sites excluding steroid dienone is 2. The van der Waals surface area contributed by atoms with Gasteiger partial charge in [-0.05, 0) is 42.9 Å². The SMILES string of the molecule is CC/C=C\CC(CC)c1ccc(C(F)(F)F)cc1OC. The van der Waals surface area contributed by atoms with Gasteiger partial charge in [-0.2, -0.15) is 13.2 Å². The molecule has 0 bridgehead atoms. The van der Waals surface area contributed by atoms with Crippen LogP contribution in [0.3, 0.4) is 0 Å². The largest absolute Gasteiger partial charge is 0.496 e. The standard InChI is InChI=1S/C16H21F3O/c1-4-6-7-8-12(5-2)14-10-9-13(16(17,18)19)11-15(14)20-3/h6-7,9-12H,4-5,8H2,1-3H3/b7-6-. The molecule has 0 saturated carbocycles. The van der Waals surface area contributed by atoms with Crippen LogP contribution in [0.1, 0.15) is 50.2 Å². The van der Waals surface area contributed by atoms with Crippen molar-refractivity contribution >= 4 is 0 Å². The number of alkyl halides is 3. The molecule has 1 aromatic carbocycles. The molecule has 1 rings (SSSR count). The number of hydrogen-bond acceptors (Lipinski definition) is 1. The Morgan fingerprint density at radius 3 is 2.40 bits per heavy atom. The Labute approximate surface area is 118 Å². The number of benzene rings is 1. The van der Waals surface area contributed by atoms with Gasteiger partial charge in [-0.25, -0.2) is 0 Å². The van der Waals surface area contributed by atoms with Crippen molar-refractivity contribution in [1.82, 2.24) is 0 Å². The molecule has 0 amide bonds. The summed E-state index contributed by atoms with van der Waals surface area (Å²) < 4.78 is 43.2. The fourth-order valence-electron chi connectivity index (χ4n) is 2.17. The number of methoxy groups -OCH3 is 1. The molecule has 4 heteroatoms. The quantitative estimate of drug-likeness (QED) is 0.622. The molecule has 0 spiro atoms. The van der Waals surface area contributed by atoms with Gasteiger partial charge >= 0.3 is 6.18 Å². The molecule has 0 radical (unpaired) electrons. The maximum Gasteiger partial charge on any atom is 0.416 e. The molecular formula is C16H21F3O. The molecule has 0 N–H and O–H groups in total. The first-order valence-corrected chi connectivity index (χ1v) is 6.84. The fraction of sp³-hybridized carbons (Fsp3) is 0.500. The monoisotopic (exact) mass is 286 g/mol. The minimum atomic E-state index is -4.34. The summed E-state index contributed by atoms with van der Waals surface area (Å²) in [6, 6.07) is 3.75. The van der Waals surface area contributed by atoms with Gasteiger partial charge < -0.3 is 4.74 Å². The number of ether oxygens (including phenoxy) is 1. The Balaban J connectivity index is 3.07. The lowest BCUT2D eigenvalue weighted by molar-refractivity contribution is -0.137. The molecule has 0 aliphatic carbocycles. The number of hydrogen-bond donors (Lipinski definition) is 0. The van der Waals surface area contributed by atoms with E-state index in [1.54, 1.807) is 0 Å². The third-order valence-electron chi connectivity index (χ3n) is 3.32. The van der Waals surface area contributed by atoms with Gasteiger partial charge in [0.2, 0.25) is 0 Å². The van der Waals surface area contributed by atoms with Crippen LogP contribution in [0.25, 0.3) is 0 Å². The van der Waals surface area contributed by atoms with Crippen LogP contribution in [-0.2, 0) is 6.18 Å². The fourth-order valence-corrected chi connectivity index (χ4v) is 2.17. The van der Waals surface area contributed by atoms with Crippen LogP contribution in [0.4, 0.5) is 13.2 Å².